The molecule has 5 heteroatoms. The fraction of sp³-hybridized carbons (Fsp3) is 0.154. The Bertz CT molecular complexity index is 548. The molecule has 0 saturated heterocycles. The topological polar surface area (TPSA) is 54.4 Å². The van der Waals surface area contributed by atoms with Gasteiger partial charge in [0.15, 0.2) is 0 Å². The van der Waals surface area contributed by atoms with Crippen LogP contribution in [0.4, 0.5) is 0 Å². The van der Waals surface area contributed by atoms with Gasteiger partial charge in [0.1, 0.15) is 0 Å². The van der Waals surface area contributed by atoms with Crippen LogP contribution in [0.25, 0.3) is 0 Å². The van der Waals surface area contributed by atoms with Crippen molar-refractivity contribution in [3.05, 3.63) is 52.0 Å². The number of aromatic nitrogens is 1. The third-order valence-corrected chi connectivity index (χ3v) is 3.43. The minimum atomic E-state index is -0.184. The van der Waals surface area contributed by atoms with E-state index in [2.05, 4.69) is 22.4 Å². The van der Waals surface area contributed by atoms with Gasteiger partial charge in [0.25, 0.3) is 5.91 Å². The second-order valence-corrected chi connectivity index (χ2v) is 4.63. The molecular formula is C13H13N3OS. The van der Waals surface area contributed by atoms with E-state index in [0.29, 0.717) is 5.56 Å². The molecule has 18 heavy (non-hydrogen) atoms. The number of hydrogen-bond acceptors (Lipinski definition) is 4. The van der Waals surface area contributed by atoms with Crippen molar-refractivity contribution in [2.75, 3.05) is 0 Å². The molecular weight excluding hydrogens is 246 g/mol. The first-order valence-electron chi connectivity index (χ1n) is 5.60. The third kappa shape index (κ3) is 3.24. The maximum Gasteiger partial charge on any atom is 0.272 e. The van der Waals surface area contributed by atoms with Gasteiger partial charge in [0.2, 0.25) is 0 Å². The zero-order valence-electron chi connectivity index (χ0n) is 9.96. The van der Waals surface area contributed by atoms with E-state index >= 15 is 0 Å². The summed E-state index contributed by atoms with van der Waals surface area (Å²) < 4.78 is 0. The molecule has 2 rings (SSSR count). The minimum Gasteiger partial charge on any atom is -0.267 e. The van der Waals surface area contributed by atoms with Gasteiger partial charge in [0.05, 0.1) is 11.8 Å². The minimum absolute atomic E-state index is 0.184. The van der Waals surface area contributed by atoms with Gasteiger partial charge in [0, 0.05) is 22.7 Å². The Labute approximate surface area is 109 Å². The number of carbonyl (C=O) groups is 1. The lowest BCUT2D eigenvalue weighted by Gasteiger charge is -1.95. The van der Waals surface area contributed by atoms with E-state index < -0.39 is 0 Å². The molecule has 2 aromatic heterocycles. The summed E-state index contributed by atoms with van der Waals surface area (Å²) in [6.07, 6.45) is 5.88. The number of thiophene rings is 1. The number of aryl methyl sites for hydroxylation is 1. The van der Waals surface area contributed by atoms with Crippen LogP contribution >= 0.6 is 11.3 Å². The quantitative estimate of drug-likeness (QED) is 0.677. The standard InChI is InChI=1S/C13H13N3OS/c1-2-12-7-11(9-18-12)13(17)16-15-8-10-3-5-14-6-4-10/h3-9H,2H2,1H3,(H,16,17)/b15-8+. The molecule has 2 heterocycles. The normalized spacial score (nSPS) is 10.7. The van der Waals surface area contributed by atoms with Crippen molar-refractivity contribution in [2.24, 2.45) is 5.10 Å². The first-order valence-corrected chi connectivity index (χ1v) is 6.48. The van der Waals surface area contributed by atoms with Crippen LogP contribution in [0, 0.1) is 0 Å². The molecule has 92 valence electrons. The first kappa shape index (κ1) is 12.4. The van der Waals surface area contributed by atoms with Crippen LogP contribution in [0.2, 0.25) is 0 Å². The maximum atomic E-state index is 11.7. The van der Waals surface area contributed by atoms with Gasteiger partial charge in [-0.15, -0.1) is 11.3 Å². The molecule has 4 nitrogen and oxygen atoms in total. The summed E-state index contributed by atoms with van der Waals surface area (Å²) in [5, 5.41) is 5.75. The number of carbonyl (C=O) groups excluding carboxylic acids is 1. The molecule has 0 aliphatic carbocycles. The monoisotopic (exact) mass is 259 g/mol. The number of nitrogens with zero attached hydrogens (tertiary/aromatic N) is 2. The Balaban J connectivity index is 1.94. The molecule has 1 N–H and O–H groups in total. The second kappa shape index (κ2) is 6.07. The largest absolute Gasteiger partial charge is 0.272 e. The number of nitrogens with one attached hydrogen (secondary N) is 1. The van der Waals surface area contributed by atoms with Crippen LogP contribution < -0.4 is 5.43 Å². The SMILES string of the molecule is CCc1cc(C(=O)N/N=C/c2ccncc2)cs1. The molecule has 0 aliphatic heterocycles. The zero-order chi connectivity index (χ0) is 12.8. The lowest BCUT2D eigenvalue weighted by molar-refractivity contribution is 0.0955. The van der Waals surface area contributed by atoms with Gasteiger partial charge in [-0.2, -0.15) is 5.10 Å². The average molecular weight is 259 g/mol. The summed E-state index contributed by atoms with van der Waals surface area (Å²) in [5.74, 6) is -0.184. The molecule has 0 saturated carbocycles. The highest BCUT2D eigenvalue weighted by Crippen LogP contribution is 2.14. The number of hydrogen-bond donors (Lipinski definition) is 1. The first-order chi connectivity index (χ1) is 8.79. The highest BCUT2D eigenvalue weighted by Gasteiger charge is 2.06. The van der Waals surface area contributed by atoms with Gasteiger partial charge in [-0.25, -0.2) is 5.43 Å². The van der Waals surface area contributed by atoms with E-state index in [4.69, 9.17) is 0 Å². The van der Waals surface area contributed by atoms with E-state index in [1.165, 1.54) is 4.88 Å². The fourth-order valence-electron chi connectivity index (χ4n) is 1.36. The summed E-state index contributed by atoms with van der Waals surface area (Å²) >= 11 is 1.59. The van der Waals surface area contributed by atoms with E-state index in [-0.39, 0.29) is 5.91 Å². The van der Waals surface area contributed by atoms with Crippen molar-refractivity contribution < 1.29 is 4.79 Å². The molecule has 0 fully saturated rings. The van der Waals surface area contributed by atoms with Gasteiger partial charge in [-0.1, -0.05) is 6.92 Å². The molecule has 0 unspecified atom stereocenters. The van der Waals surface area contributed by atoms with Crippen molar-refractivity contribution in [3.8, 4) is 0 Å². The smallest absolute Gasteiger partial charge is 0.267 e. The van der Waals surface area contributed by atoms with Crippen LogP contribution in [-0.4, -0.2) is 17.1 Å². The zero-order valence-corrected chi connectivity index (χ0v) is 10.8. The molecule has 1 amide bonds. The Morgan fingerprint density at radius 1 is 1.50 bits per heavy atom. The molecule has 0 atom stereocenters. The van der Waals surface area contributed by atoms with E-state index in [0.717, 1.165) is 12.0 Å². The van der Waals surface area contributed by atoms with Crippen molar-refractivity contribution in [1.82, 2.24) is 10.4 Å². The summed E-state index contributed by atoms with van der Waals surface area (Å²) in [7, 11) is 0. The van der Waals surface area contributed by atoms with Crippen LogP contribution in [0.5, 0.6) is 0 Å². The Hall–Kier alpha value is -2.01. The van der Waals surface area contributed by atoms with Crippen LogP contribution in [0.3, 0.4) is 0 Å². The predicted molar refractivity (Wildman–Crippen MR) is 73.0 cm³/mol. The highest BCUT2D eigenvalue weighted by atomic mass is 32.1. The van der Waals surface area contributed by atoms with Gasteiger partial charge < -0.3 is 0 Å². The third-order valence-electron chi connectivity index (χ3n) is 2.35. The summed E-state index contributed by atoms with van der Waals surface area (Å²) in [6.45, 7) is 2.06. The molecule has 2 aromatic rings. The van der Waals surface area contributed by atoms with Gasteiger partial charge in [-0.05, 0) is 30.2 Å². The molecule has 0 aliphatic rings. The van der Waals surface area contributed by atoms with Crippen molar-refractivity contribution in [2.45, 2.75) is 13.3 Å². The fourth-order valence-corrected chi connectivity index (χ4v) is 2.18. The van der Waals surface area contributed by atoms with Crippen molar-refractivity contribution >= 4 is 23.5 Å². The van der Waals surface area contributed by atoms with Crippen molar-refractivity contribution in [3.63, 3.8) is 0 Å². The average Bonchev–Trinajstić information content (AvgIpc) is 2.89. The molecule has 0 bridgehead atoms. The van der Waals surface area contributed by atoms with Gasteiger partial charge >= 0.3 is 0 Å². The number of hydrazone groups is 1. The molecule has 0 spiro atoms. The van der Waals surface area contributed by atoms with E-state index in [1.807, 2.05) is 23.6 Å². The number of rotatable bonds is 4. The molecule has 0 radical (unpaired) electrons. The molecule has 0 aromatic carbocycles. The summed E-state index contributed by atoms with van der Waals surface area (Å²) in [5.41, 5.74) is 4.05. The van der Waals surface area contributed by atoms with Crippen LogP contribution in [-0.2, 0) is 6.42 Å². The van der Waals surface area contributed by atoms with Crippen LogP contribution in [0.15, 0.2) is 41.1 Å². The van der Waals surface area contributed by atoms with E-state index in [1.54, 1.807) is 29.9 Å². The van der Waals surface area contributed by atoms with Crippen LogP contribution in [0.1, 0.15) is 27.7 Å². The second-order valence-electron chi connectivity index (χ2n) is 3.63. The number of pyridine rings is 1. The Morgan fingerprint density at radius 2 is 2.28 bits per heavy atom. The Kier molecular flexibility index (Phi) is 4.20. The van der Waals surface area contributed by atoms with E-state index in [9.17, 15) is 4.79 Å². The lowest BCUT2D eigenvalue weighted by atomic mass is 10.3. The Morgan fingerprint density at radius 3 is 2.94 bits per heavy atom. The predicted octanol–water partition coefficient (Wildman–Crippen LogP) is 2.47. The number of amides is 1. The summed E-state index contributed by atoms with van der Waals surface area (Å²) in [6, 6.07) is 5.52. The lowest BCUT2D eigenvalue weighted by Crippen LogP contribution is -2.16. The van der Waals surface area contributed by atoms with Crippen molar-refractivity contribution in [1.29, 1.82) is 0 Å². The summed E-state index contributed by atoms with van der Waals surface area (Å²) in [4.78, 5) is 16.8. The van der Waals surface area contributed by atoms with Gasteiger partial charge in [-0.3, -0.25) is 9.78 Å². The maximum absolute atomic E-state index is 11.7. The highest BCUT2D eigenvalue weighted by molar-refractivity contribution is 7.10.